The predicted octanol–water partition coefficient (Wildman–Crippen LogP) is 1.81. The molecule has 1 aliphatic carbocycles. The Bertz CT molecular complexity index is 649. The summed E-state index contributed by atoms with van der Waals surface area (Å²) in [7, 11) is 1.64. The van der Waals surface area contributed by atoms with E-state index in [4.69, 9.17) is 10.5 Å². The maximum Gasteiger partial charge on any atom is 0.272 e. The summed E-state index contributed by atoms with van der Waals surface area (Å²) in [6, 6.07) is 9.59. The number of aromatic amines is 1. The monoisotopic (exact) mass is 286 g/mol. The molecule has 0 aliphatic heterocycles. The average molecular weight is 286 g/mol. The molecule has 0 bridgehead atoms. The van der Waals surface area contributed by atoms with Gasteiger partial charge in [-0.3, -0.25) is 9.89 Å². The highest BCUT2D eigenvalue weighted by Crippen LogP contribution is 2.31. The molecule has 0 saturated heterocycles. The molecule has 3 rings (SSSR count). The highest BCUT2D eigenvalue weighted by molar-refractivity contribution is 5.93. The van der Waals surface area contributed by atoms with Crippen molar-refractivity contribution < 1.29 is 9.53 Å². The zero-order chi connectivity index (χ0) is 14.8. The van der Waals surface area contributed by atoms with Crippen LogP contribution in [0.1, 0.15) is 28.9 Å². The minimum absolute atomic E-state index is 0.0763. The molecule has 0 atom stereocenters. The summed E-state index contributed by atoms with van der Waals surface area (Å²) in [6.07, 6.45) is 2.06. The van der Waals surface area contributed by atoms with Crippen molar-refractivity contribution in [2.24, 2.45) is 0 Å². The highest BCUT2D eigenvalue weighted by Gasteiger charge is 2.34. The molecule has 1 aliphatic rings. The van der Waals surface area contributed by atoms with Gasteiger partial charge in [0.05, 0.1) is 7.11 Å². The van der Waals surface area contributed by atoms with Crippen molar-refractivity contribution in [3.05, 3.63) is 41.6 Å². The van der Waals surface area contributed by atoms with Crippen LogP contribution in [0.3, 0.4) is 0 Å². The number of nitrogens with one attached hydrogen (secondary N) is 1. The van der Waals surface area contributed by atoms with Gasteiger partial charge in [0, 0.05) is 24.2 Å². The number of carbonyl (C=O) groups excluding carboxylic acids is 1. The van der Waals surface area contributed by atoms with Crippen LogP contribution in [0.25, 0.3) is 0 Å². The number of carbonyl (C=O) groups is 1. The van der Waals surface area contributed by atoms with Crippen LogP contribution in [0, 0.1) is 0 Å². The molecule has 2 aromatic rings. The first-order valence-corrected chi connectivity index (χ1v) is 6.93. The van der Waals surface area contributed by atoms with Gasteiger partial charge >= 0.3 is 0 Å². The molecular formula is C15H18N4O2. The van der Waals surface area contributed by atoms with E-state index in [2.05, 4.69) is 10.2 Å². The molecule has 1 amide bonds. The van der Waals surface area contributed by atoms with Gasteiger partial charge in [-0.2, -0.15) is 5.10 Å². The number of rotatable bonds is 5. The van der Waals surface area contributed by atoms with Gasteiger partial charge in [-0.15, -0.1) is 0 Å². The largest absolute Gasteiger partial charge is 0.496 e. The second-order valence-corrected chi connectivity index (χ2v) is 5.18. The van der Waals surface area contributed by atoms with Gasteiger partial charge in [0.25, 0.3) is 5.91 Å². The number of amides is 1. The molecule has 1 saturated carbocycles. The molecule has 1 aromatic heterocycles. The third-order valence-corrected chi connectivity index (χ3v) is 3.61. The normalized spacial score (nSPS) is 14.0. The quantitative estimate of drug-likeness (QED) is 0.878. The second kappa shape index (κ2) is 5.47. The number of hydrogen-bond donors (Lipinski definition) is 2. The van der Waals surface area contributed by atoms with E-state index in [0.29, 0.717) is 18.1 Å². The lowest BCUT2D eigenvalue weighted by molar-refractivity contribution is 0.0722. The Balaban J connectivity index is 1.83. The minimum atomic E-state index is -0.0763. The third-order valence-electron chi connectivity index (χ3n) is 3.61. The predicted molar refractivity (Wildman–Crippen MR) is 78.9 cm³/mol. The maximum absolute atomic E-state index is 12.6. The van der Waals surface area contributed by atoms with Gasteiger partial charge < -0.3 is 15.4 Å². The molecule has 0 spiro atoms. The van der Waals surface area contributed by atoms with Gasteiger partial charge in [-0.1, -0.05) is 18.2 Å². The van der Waals surface area contributed by atoms with Crippen LogP contribution < -0.4 is 10.5 Å². The van der Waals surface area contributed by atoms with Crippen LogP contribution in [-0.2, 0) is 6.54 Å². The van der Waals surface area contributed by atoms with E-state index in [1.807, 2.05) is 29.2 Å². The molecule has 3 N–H and O–H groups in total. The van der Waals surface area contributed by atoms with Gasteiger partial charge in [-0.25, -0.2) is 0 Å². The van der Waals surface area contributed by atoms with E-state index < -0.39 is 0 Å². The lowest BCUT2D eigenvalue weighted by Crippen LogP contribution is -2.33. The number of nitrogens with zero attached hydrogens (tertiary/aromatic N) is 2. The van der Waals surface area contributed by atoms with Crippen LogP contribution in [-0.4, -0.2) is 34.2 Å². The number of H-pyrrole nitrogens is 1. The van der Waals surface area contributed by atoms with Crippen molar-refractivity contribution in [1.82, 2.24) is 15.1 Å². The lowest BCUT2D eigenvalue weighted by Gasteiger charge is -2.22. The number of anilines is 1. The number of nitrogen functional groups attached to an aromatic ring is 1. The number of hydrogen-bond acceptors (Lipinski definition) is 4. The van der Waals surface area contributed by atoms with E-state index in [0.717, 1.165) is 24.2 Å². The van der Waals surface area contributed by atoms with Crippen molar-refractivity contribution >= 4 is 11.7 Å². The summed E-state index contributed by atoms with van der Waals surface area (Å²) < 4.78 is 5.36. The van der Waals surface area contributed by atoms with Gasteiger partial charge in [0.2, 0.25) is 0 Å². The lowest BCUT2D eigenvalue weighted by atomic mass is 10.1. The van der Waals surface area contributed by atoms with Crippen LogP contribution >= 0.6 is 0 Å². The number of ether oxygens (including phenoxy) is 1. The summed E-state index contributed by atoms with van der Waals surface area (Å²) in [5.74, 6) is 1.04. The average Bonchev–Trinajstić information content (AvgIpc) is 3.25. The first-order valence-electron chi connectivity index (χ1n) is 6.93. The molecule has 6 nitrogen and oxygen atoms in total. The van der Waals surface area contributed by atoms with Crippen LogP contribution in [0.5, 0.6) is 5.75 Å². The van der Waals surface area contributed by atoms with E-state index in [1.54, 1.807) is 13.2 Å². The van der Waals surface area contributed by atoms with Crippen molar-refractivity contribution in [2.75, 3.05) is 12.8 Å². The van der Waals surface area contributed by atoms with Crippen LogP contribution in [0.2, 0.25) is 0 Å². The first kappa shape index (κ1) is 13.5. The molecule has 6 heteroatoms. The number of para-hydroxylation sites is 1. The SMILES string of the molecule is COc1ccccc1CN(C(=O)c1cc(N)n[nH]1)C1CC1. The Morgan fingerprint density at radius 3 is 2.86 bits per heavy atom. The molecule has 0 radical (unpaired) electrons. The van der Waals surface area contributed by atoms with Crippen molar-refractivity contribution in [1.29, 1.82) is 0 Å². The highest BCUT2D eigenvalue weighted by atomic mass is 16.5. The fourth-order valence-corrected chi connectivity index (χ4v) is 2.37. The van der Waals surface area contributed by atoms with Gasteiger partial charge in [-0.05, 0) is 18.9 Å². The summed E-state index contributed by atoms with van der Waals surface area (Å²) in [4.78, 5) is 14.5. The zero-order valence-electron chi connectivity index (χ0n) is 11.9. The summed E-state index contributed by atoms with van der Waals surface area (Å²) in [6.45, 7) is 0.520. The summed E-state index contributed by atoms with van der Waals surface area (Å²) in [5.41, 5.74) is 6.99. The van der Waals surface area contributed by atoms with E-state index >= 15 is 0 Å². The molecule has 21 heavy (non-hydrogen) atoms. The second-order valence-electron chi connectivity index (χ2n) is 5.18. The zero-order valence-corrected chi connectivity index (χ0v) is 11.9. The Morgan fingerprint density at radius 1 is 1.48 bits per heavy atom. The first-order chi connectivity index (χ1) is 10.2. The van der Waals surface area contributed by atoms with Gasteiger partial charge in [0.15, 0.2) is 0 Å². The number of aromatic nitrogens is 2. The fourth-order valence-electron chi connectivity index (χ4n) is 2.37. The number of nitrogens with two attached hydrogens (primary N) is 1. The molecule has 0 unspecified atom stereocenters. The fraction of sp³-hybridized carbons (Fsp3) is 0.333. The van der Waals surface area contributed by atoms with Gasteiger partial charge in [0.1, 0.15) is 17.3 Å². The Hall–Kier alpha value is -2.50. The molecule has 1 fully saturated rings. The van der Waals surface area contributed by atoms with Crippen molar-refractivity contribution in [3.8, 4) is 5.75 Å². The van der Waals surface area contributed by atoms with E-state index in [1.165, 1.54) is 0 Å². The molecular weight excluding hydrogens is 268 g/mol. The number of methoxy groups -OCH3 is 1. The summed E-state index contributed by atoms with van der Waals surface area (Å²) in [5, 5.41) is 6.51. The minimum Gasteiger partial charge on any atom is -0.496 e. The molecule has 1 aromatic carbocycles. The van der Waals surface area contributed by atoms with Crippen molar-refractivity contribution in [3.63, 3.8) is 0 Å². The molecule has 110 valence electrons. The van der Waals surface area contributed by atoms with Crippen molar-refractivity contribution in [2.45, 2.75) is 25.4 Å². The van der Waals surface area contributed by atoms with E-state index in [9.17, 15) is 4.79 Å². The Kier molecular flexibility index (Phi) is 3.51. The van der Waals surface area contributed by atoms with Crippen LogP contribution in [0.4, 0.5) is 5.82 Å². The third kappa shape index (κ3) is 2.84. The molecule has 1 heterocycles. The smallest absolute Gasteiger partial charge is 0.272 e. The maximum atomic E-state index is 12.6. The van der Waals surface area contributed by atoms with Crippen LogP contribution in [0.15, 0.2) is 30.3 Å². The van der Waals surface area contributed by atoms with E-state index in [-0.39, 0.29) is 11.9 Å². The Morgan fingerprint density at radius 2 is 2.24 bits per heavy atom. The summed E-state index contributed by atoms with van der Waals surface area (Å²) >= 11 is 0. The standard InChI is InChI=1S/C15H18N4O2/c1-21-13-5-3-2-4-10(13)9-19(11-6-7-11)15(20)12-8-14(16)18-17-12/h2-5,8,11H,6-7,9H2,1H3,(H3,16,17,18). The topological polar surface area (TPSA) is 84.2 Å². The Labute approximate surface area is 122 Å². The number of benzene rings is 1.